The van der Waals surface area contributed by atoms with Gasteiger partial charge < -0.3 is 5.32 Å². The number of para-hydroxylation sites is 1. The lowest BCUT2D eigenvalue weighted by Crippen LogP contribution is -2.11. The van der Waals surface area contributed by atoms with Gasteiger partial charge in [-0.3, -0.25) is 4.79 Å². The van der Waals surface area contributed by atoms with E-state index in [1.54, 1.807) is 18.2 Å². The third-order valence-corrected chi connectivity index (χ3v) is 3.57. The summed E-state index contributed by atoms with van der Waals surface area (Å²) in [5, 5.41) is 2.92. The summed E-state index contributed by atoms with van der Waals surface area (Å²) >= 11 is 0. The second-order valence-electron chi connectivity index (χ2n) is 5.00. The summed E-state index contributed by atoms with van der Waals surface area (Å²) < 4.78 is 13.5. The Balaban J connectivity index is 2.18. The van der Waals surface area contributed by atoms with Crippen molar-refractivity contribution >= 4 is 17.7 Å². The molecule has 0 radical (unpaired) electrons. The van der Waals surface area contributed by atoms with Crippen LogP contribution in [0.1, 0.15) is 30.5 Å². The minimum absolute atomic E-state index is 0.251. The Morgan fingerprint density at radius 2 is 1.68 bits per heavy atom. The molecule has 0 spiro atoms. The standard InChI is InChI=1S/C19H20FNO/c1-3-14-9-7-10-15(4-2)19(14)21-18(22)13-12-16-8-5-6-11-17(16)20/h5-13H,3-4H2,1-2H3,(H,21,22)/b13-12+. The Kier molecular flexibility index (Phi) is 5.48. The summed E-state index contributed by atoms with van der Waals surface area (Å²) in [5.41, 5.74) is 3.48. The van der Waals surface area contributed by atoms with Crippen molar-refractivity contribution in [2.45, 2.75) is 26.7 Å². The SMILES string of the molecule is CCc1cccc(CC)c1NC(=O)/C=C/c1ccccc1F. The number of carbonyl (C=O) groups excluding carboxylic acids is 1. The Morgan fingerprint density at radius 1 is 1.05 bits per heavy atom. The molecule has 2 rings (SSSR count). The van der Waals surface area contributed by atoms with E-state index >= 15 is 0 Å². The van der Waals surface area contributed by atoms with Gasteiger partial charge in [-0.25, -0.2) is 4.39 Å². The van der Waals surface area contributed by atoms with Crippen LogP contribution in [-0.2, 0) is 17.6 Å². The molecule has 0 heterocycles. The molecule has 2 nitrogen and oxygen atoms in total. The third kappa shape index (κ3) is 3.82. The molecule has 0 bridgehead atoms. The maximum absolute atomic E-state index is 13.5. The first-order valence-corrected chi connectivity index (χ1v) is 7.50. The van der Waals surface area contributed by atoms with Gasteiger partial charge in [0.1, 0.15) is 5.82 Å². The van der Waals surface area contributed by atoms with Gasteiger partial charge in [-0.15, -0.1) is 0 Å². The smallest absolute Gasteiger partial charge is 0.248 e. The number of rotatable bonds is 5. The molecule has 0 aromatic heterocycles. The molecule has 0 atom stereocenters. The van der Waals surface area contributed by atoms with Gasteiger partial charge in [0.25, 0.3) is 0 Å². The van der Waals surface area contributed by atoms with Gasteiger partial charge in [-0.05, 0) is 36.1 Å². The highest BCUT2D eigenvalue weighted by Crippen LogP contribution is 2.22. The number of aryl methyl sites for hydroxylation is 2. The van der Waals surface area contributed by atoms with Crippen LogP contribution in [-0.4, -0.2) is 5.91 Å². The average molecular weight is 297 g/mol. The lowest BCUT2D eigenvalue weighted by atomic mass is 10.0. The number of anilines is 1. The van der Waals surface area contributed by atoms with Crippen molar-refractivity contribution < 1.29 is 9.18 Å². The fourth-order valence-electron chi connectivity index (χ4n) is 2.34. The van der Waals surface area contributed by atoms with Gasteiger partial charge >= 0.3 is 0 Å². The molecule has 0 saturated heterocycles. The van der Waals surface area contributed by atoms with Crippen molar-refractivity contribution in [3.8, 4) is 0 Å². The van der Waals surface area contributed by atoms with Crippen molar-refractivity contribution in [3.63, 3.8) is 0 Å². The van der Waals surface area contributed by atoms with Crippen molar-refractivity contribution in [2.24, 2.45) is 0 Å². The molecular weight excluding hydrogens is 277 g/mol. The minimum atomic E-state index is -0.338. The number of hydrogen-bond donors (Lipinski definition) is 1. The van der Waals surface area contributed by atoms with Crippen LogP contribution in [0.5, 0.6) is 0 Å². The normalized spacial score (nSPS) is 10.9. The Bertz CT molecular complexity index is 669. The molecule has 114 valence electrons. The maximum atomic E-state index is 13.5. The highest BCUT2D eigenvalue weighted by molar-refractivity contribution is 6.02. The van der Waals surface area contributed by atoms with Crippen molar-refractivity contribution in [2.75, 3.05) is 5.32 Å². The van der Waals surface area contributed by atoms with Crippen LogP contribution >= 0.6 is 0 Å². The van der Waals surface area contributed by atoms with Crippen LogP contribution in [0.4, 0.5) is 10.1 Å². The number of nitrogens with one attached hydrogen (secondary N) is 1. The molecule has 1 amide bonds. The predicted molar refractivity (Wildman–Crippen MR) is 89.3 cm³/mol. The summed E-state index contributed by atoms with van der Waals surface area (Å²) in [6.45, 7) is 4.11. The predicted octanol–water partition coefficient (Wildman–Crippen LogP) is 4.60. The maximum Gasteiger partial charge on any atom is 0.248 e. The highest BCUT2D eigenvalue weighted by Gasteiger charge is 2.08. The fourth-order valence-corrected chi connectivity index (χ4v) is 2.34. The fraction of sp³-hybridized carbons (Fsp3) is 0.211. The number of amides is 1. The van der Waals surface area contributed by atoms with Crippen LogP contribution in [0.2, 0.25) is 0 Å². The Morgan fingerprint density at radius 3 is 2.27 bits per heavy atom. The van der Waals surface area contributed by atoms with Gasteiger partial charge in [0.2, 0.25) is 5.91 Å². The van der Waals surface area contributed by atoms with E-state index in [1.165, 1.54) is 18.2 Å². The van der Waals surface area contributed by atoms with E-state index in [1.807, 2.05) is 18.2 Å². The van der Waals surface area contributed by atoms with Crippen LogP contribution in [0.25, 0.3) is 6.08 Å². The third-order valence-electron chi connectivity index (χ3n) is 3.57. The Labute approximate surface area is 130 Å². The molecule has 1 N–H and O–H groups in total. The first kappa shape index (κ1) is 16.0. The summed E-state index contributed by atoms with van der Waals surface area (Å²) in [7, 11) is 0. The van der Waals surface area contributed by atoms with E-state index in [2.05, 4.69) is 19.2 Å². The lowest BCUT2D eigenvalue weighted by molar-refractivity contribution is -0.111. The van der Waals surface area contributed by atoms with Gasteiger partial charge in [0, 0.05) is 17.3 Å². The molecular formula is C19H20FNO. The second-order valence-corrected chi connectivity index (χ2v) is 5.00. The van der Waals surface area contributed by atoms with Crippen molar-refractivity contribution in [3.05, 3.63) is 71.0 Å². The number of hydrogen-bond acceptors (Lipinski definition) is 1. The van der Waals surface area contributed by atoms with E-state index in [-0.39, 0.29) is 11.7 Å². The molecule has 22 heavy (non-hydrogen) atoms. The van der Waals surface area contributed by atoms with Gasteiger partial charge in [0.15, 0.2) is 0 Å². The van der Waals surface area contributed by atoms with E-state index in [0.29, 0.717) is 5.56 Å². The first-order chi connectivity index (χ1) is 10.7. The average Bonchev–Trinajstić information content (AvgIpc) is 2.54. The van der Waals surface area contributed by atoms with Crippen LogP contribution < -0.4 is 5.32 Å². The highest BCUT2D eigenvalue weighted by atomic mass is 19.1. The monoisotopic (exact) mass is 297 g/mol. The van der Waals surface area contributed by atoms with E-state index < -0.39 is 0 Å². The first-order valence-electron chi connectivity index (χ1n) is 7.50. The van der Waals surface area contributed by atoms with Gasteiger partial charge in [-0.2, -0.15) is 0 Å². The molecule has 3 heteroatoms. The van der Waals surface area contributed by atoms with Crippen molar-refractivity contribution in [1.29, 1.82) is 0 Å². The molecule has 0 aliphatic carbocycles. The zero-order chi connectivity index (χ0) is 15.9. The van der Waals surface area contributed by atoms with Crippen LogP contribution in [0.15, 0.2) is 48.5 Å². The summed E-state index contributed by atoms with van der Waals surface area (Å²) in [6.07, 6.45) is 4.55. The Hall–Kier alpha value is -2.42. The van der Waals surface area contributed by atoms with Gasteiger partial charge in [0.05, 0.1) is 0 Å². The summed E-state index contributed by atoms with van der Waals surface area (Å²) in [4.78, 5) is 12.1. The molecule has 0 aliphatic heterocycles. The number of carbonyl (C=O) groups is 1. The summed E-state index contributed by atoms with van der Waals surface area (Å²) in [6, 6.07) is 12.4. The zero-order valence-electron chi connectivity index (χ0n) is 12.9. The largest absolute Gasteiger partial charge is 0.322 e. The molecule has 0 saturated carbocycles. The summed E-state index contributed by atoms with van der Waals surface area (Å²) in [5.74, 6) is -0.589. The zero-order valence-corrected chi connectivity index (χ0v) is 12.9. The van der Waals surface area contributed by atoms with E-state index in [0.717, 1.165) is 29.7 Å². The second kappa shape index (κ2) is 7.55. The lowest BCUT2D eigenvalue weighted by Gasteiger charge is -2.13. The molecule has 0 aliphatic rings. The molecule has 2 aromatic carbocycles. The number of halogens is 1. The topological polar surface area (TPSA) is 29.1 Å². The number of benzene rings is 2. The van der Waals surface area contributed by atoms with E-state index in [9.17, 15) is 9.18 Å². The molecule has 0 fully saturated rings. The molecule has 2 aromatic rings. The van der Waals surface area contributed by atoms with Gasteiger partial charge in [-0.1, -0.05) is 50.2 Å². The van der Waals surface area contributed by atoms with Crippen LogP contribution in [0.3, 0.4) is 0 Å². The minimum Gasteiger partial charge on any atom is -0.322 e. The van der Waals surface area contributed by atoms with Crippen LogP contribution in [0, 0.1) is 5.82 Å². The van der Waals surface area contributed by atoms with Crippen molar-refractivity contribution in [1.82, 2.24) is 0 Å². The van der Waals surface area contributed by atoms with E-state index in [4.69, 9.17) is 0 Å². The quantitative estimate of drug-likeness (QED) is 0.803. The molecule has 0 unspecified atom stereocenters.